The molecule has 0 saturated carbocycles. The van der Waals surface area contributed by atoms with Crippen LogP contribution in [0.2, 0.25) is 0 Å². The third kappa shape index (κ3) is 4.34. The predicted molar refractivity (Wildman–Crippen MR) is 93.6 cm³/mol. The van der Waals surface area contributed by atoms with E-state index in [0.717, 1.165) is 25.9 Å². The number of likely N-dealkylation sites (tertiary alicyclic amines) is 1. The van der Waals surface area contributed by atoms with E-state index < -0.39 is 0 Å². The summed E-state index contributed by atoms with van der Waals surface area (Å²) in [7, 11) is 0. The fraction of sp³-hybridized carbons (Fsp3) is 0.700. The van der Waals surface area contributed by atoms with Gasteiger partial charge in [0.1, 0.15) is 0 Å². The van der Waals surface area contributed by atoms with Crippen LogP contribution in [0.4, 0.5) is 0 Å². The van der Waals surface area contributed by atoms with E-state index in [4.69, 9.17) is 4.74 Å². The first-order valence-corrected chi connectivity index (χ1v) is 9.39. The van der Waals surface area contributed by atoms with E-state index in [1.807, 2.05) is 0 Å². The minimum atomic E-state index is -0.378. The number of aliphatic hydroxyl groups excluding tert-OH is 1. The second-order valence-corrected chi connectivity index (χ2v) is 7.12. The van der Waals surface area contributed by atoms with Gasteiger partial charge in [0.15, 0.2) is 0 Å². The molecule has 1 heterocycles. The van der Waals surface area contributed by atoms with Gasteiger partial charge in [0.2, 0.25) is 0 Å². The van der Waals surface area contributed by atoms with E-state index in [2.05, 4.69) is 36.1 Å². The van der Waals surface area contributed by atoms with Gasteiger partial charge < -0.3 is 9.84 Å². The Hall–Kier alpha value is -0.900. The predicted octanol–water partition coefficient (Wildman–Crippen LogP) is 3.71. The Labute approximate surface area is 140 Å². The molecule has 23 heavy (non-hydrogen) atoms. The van der Waals surface area contributed by atoms with Gasteiger partial charge in [-0.15, -0.1) is 0 Å². The zero-order valence-electron chi connectivity index (χ0n) is 14.4. The van der Waals surface area contributed by atoms with Crippen molar-refractivity contribution >= 4 is 0 Å². The number of rotatable bonds is 6. The van der Waals surface area contributed by atoms with Crippen molar-refractivity contribution in [1.82, 2.24) is 4.90 Å². The minimum Gasteiger partial charge on any atom is -0.389 e. The van der Waals surface area contributed by atoms with E-state index in [9.17, 15) is 5.11 Å². The first kappa shape index (κ1) is 16.9. The summed E-state index contributed by atoms with van der Waals surface area (Å²) in [5.74, 6) is 0. The van der Waals surface area contributed by atoms with Crippen molar-refractivity contribution in [3.05, 3.63) is 35.4 Å². The molecule has 0 unspecified atom stereocenters. The molecule has 0 bridgehead atoms. The maximum absolute atomic E-state index is 10.4. The first-order chi connectivity index (χ1) is 11.3. The van der Waals surface area contributed by atoms with Gasteiger partial charge in [-0.1, -0.05) is 37.6 Å². The Morgan fingerprint density at radius 1 is 1.22 bits per heavy atom. The fourth-order valence-electron chi connectivity index (χ4n) is 4.20. The summed E-state index contributed by atoms with van der Waals surface area (Å²) in [6.45, 7) is 4.59. The average molecular weight is 317 g/mol. The van der Waals surface area contributed by atoms with Gasteiger partial charge in [0, 0.05) is 12.6 Å². The number of fused-ring (bicyclic) bond motifs is 1. The molecule has 0 spiro atoms. The number of aliphatic hydroxyl groups is 1. The maximum atomic E-state index is 10.4. The van der Waals surface area contributed by atoms with Crippen LogP contribution in [0.15, 0.2) is 24.3 Å². The van der Waals surface area contributed by atoms with E-state index in [0.29, 0.717) is 12.6 Å². The molecule has 1 aromatic carbocycles. The highest BCUT2D eigenvalue weighted by Crippen LogP contribution is 2.32. The molecule has 1 aromatic rings. The first-order valence-electron chi connectivity index (χ1n) is 9.39. The smallest absolute Gasteiger partial charge is 0.0900 e. The summed E-state index contributed by atoms with van der Waals surface area (Å²) in [5, 5.41) is 10.4. The lowest BCUT2D eigenvalue weighted by Gasteiger charge is -2.36. The van der Waals surface area contributed by atoms with E-state index in [-0.39, 0.29) is 12.2 Å². The highest BCUT2D eigenvalue weighted by molar-refractivity contribution is 5.31. The molecule has 3 heteroatoms. The highest BCUT2D eigenvalue weighted by atomic mass is 16.5. The van der Waals surface area contributed by atoms with Crippen molar-refractivity contribution in [1.29, 1.82) is 0 Å². The van der Waals surface area contributed by atoms with Crippen LogP contribution in [0.25, 0.3) is 0 Å². The molecule has 3 rings (SSSR count). The zero-order valence-corrected chi connectivity index (χ0v) is 14.4. The van der Waals surface area contributed by atoms with Crippen molar-refractivity contribution in [2.45, 2.75) is 70.1 Å². The second kappa shape index (κ2) is 8.27. The van der Waals surface area contributed by atoms with Gasteiger partial charge in [-0.2, -0.15) is 0 Å². The van der Waals surface area contributed by atoms with Crippen LogP contribution in [0, 0.1) is 0 Å². The largest absolute Gasteiger partial charge is 0.389 e. The van der Waals surface area contributed by atoms with Gasteiger partial charge in [0.05, 0.1) is 18.8 Å². The maximum Gasteiger partial charge on any atom is 0.0900 e. The molecule has 1 aliphatic heterocycles. The number of benzene rings is 1. The molecule has 0 amide bonds. The van der Waals surface area contributed by atoms with Gasteiger partial charge >= 0.3 is 0 Å². The summed E-state index contributed by atoms with van der Waals surface area (Å²) in [5.41, 5.74) is 2.75. The molecule has 1 aliphatic carbocycles. The summed E-state index contributed by atoms with van der Waals surface area (Å²) < 4.78 is 6.10. The van der Waals surface area contributed by atoms with Crippen molar-refractivity contribution in [2.75, 3.05) is 19.7 Å². The highest BCUT2D eigenvalue weighted by Gasteiger charge is 2.25. The van der Waals surface area contributed by atoms with Crippen LogP contribution in [0.5, 0.6) is 0 Å². The van der Waals surface area contributed by atoms with Crippen molar-refractivity contribution in [2.24, 2.45) is 0 Å². The summed E-state index contributed by atoms with van der Waals surface area (Å²) >= 11 is 0. The summed E-state index contributed by atoms with van der Waals surface area (Å²) in [6, 6.07) is 9.24. The normalized spacial score (nSPS) is 26.7. The fourth-order valence-corrected chi connectivity index (χ4v) is 4.20. The lowest BCUT2D eigenvalue weighted by atomic mass is 9.89. The molecule has 2 aliphatic rings. The minimum absolute atomic E-state index is 0.165. The Morgan fingerprint density at radius 2 is 2.09 bits per heavy atom. The Kier molecular flexibility index (Phi) is 6.09. The van der Waals surface area contributed by atoms with Gasteiger partial charge in [-0.3, -0.25) is 4.90 Å². The van der Waals surface area contributed by atoms with E-state index >= 15 is 0 Å². The monoisotopic (exact) mass is 317 g/mol. The molecule has 3 nitrogen and oxygen atoms in total. The number of hydrogen-bond donors (Lipinski definition) is 1. The van der Waals surface area contributed by atoms with Crippen LogP contribution in [0.3, 0.4) is 0 Å². The molecule has 3 atom stereocenters. The van der Waals surface area contributed by atoms with Crippen molar-refractivity contribution in [3.63, 3.8) is 0 Å². The number of β-amino-alcohol motifs (C(OH)–C–C–N with tert-alkyl or cyclic N) is 1. The third-order valence-corrected chi connectivity index (χ3v) is 5.47. The molecular formula is C20H31NO2. The van der Waals surface area contributed by atoms with Gasteiger partial charge in [0.25, 0.3) is 0 Å². The molecular weight excluding hydrogens is 286 g/mol. The SMILES string of the molecule is CC[C@@H]1CCCCN1C[C@@H](O)CO[C@H]1CCCc2ccccc21. The molecule has 128 valence electrons. The Balaban J connectivity index is 1.50. The molecule has 0 aromatic heterocycles. The standard InChI is InChI=1S/C20H31NO2/c1-2-17-10-5-6-13-21(17)14-18(22)15-23-20-12-7-9-16-8-3-4-11-19(16)20/h3-4,8,11,17-18,20,22H,2,5-7,9-10,12-15H2,1H3/t17-,18-,20+/m1/s1. The van der Waals surface area contributed by atoms with E-state index in [1.54, 1.807) is 0 Å². The second-order valence-electron chi connectivity index (χ2n) is 7.12. The lowest BCUT2D eigenvalue weighted by molar-refractivity contribution is -0.0356. The molecule has 1 saturated heterocycles. The topological polar surface area (TPSA) is 32.7 Å². The Morgan fingerprint density at radius 3 is 2.96 bits per heavy atom. The lowest BCUT2D eigenvalue weighted by Crippen LogP contribution is -2.44. The third-order valence-electron chi connectivity index (χ3n) is 5.47. The summed E-state index contributed by atoms with van der Waals surface area (Å²) in [6.07, 6.45) is 8.26. The Bertz CT molecular complexity index is 490. The van der Waals surface area contributed by atoms with Crippen molar-refractivity contribution < 1.29 is 9.84 Å². The van der Waals surface area contributed by atoms with Gasteiger partial charge in [-0.25, -0.2) is 0 Å². The van der Waals surface area contributed by atoms with Crippen molar-refractivity contribution in [3.8, 4) is 0 Å². The quantitative estimate of drug-likeness (QED) is 0.868. The van der Waals surface area contributed by atoms with Crippen LogP contribution < -0.4 is 0 Å². The van der Waals surface area contributed by atoms with E-state index in [1.165, 1.54) is 43.2 Å². The molecule has 1 fully saturated rings. The number of ether oxygens (including phenoxy) is 1. The molecule has 1 N–H and O–H groups in total. The molecule has 0 radical (unpaired) electrons. The number of piperidine rings is 1. The number of nitrogens with zero attached hydrogens (tertiary/aromatic N) is 1. The number of aryl methyl sites for hydroxylation is 1. The van der Waals surface area contributed by atoms with Gasteiger partial charge in [-0.05, 0) is 56.2 Å². The summed E-state index contributed by atoms with van der Waals surface area (Å²) in [4.78, 5) is 2.46. The van der Waals surface area contributed by atoms with Crippen LogP contribution in [-0.4, -0.2) is 41.8 Å². The van der Waals surface area contributed by atoms with Crippen LogP contribution in [0.1, 0.15) is 62.7 Å². The van der Waals surface area contributed by atoms with Crippen LogP contribution >= 0.6 is 0 Å². The zero-order chi connectivity index (χ0) is 16.1. The number of hydrogen-bond acceptors (Lipinski definition) is 3. The van der Waals surface area contributed by atoms with Crippen LogP contribution in [-0.2, 0) is 11.2 Å². The average Bonchev–Trinajstić information content (AvgIpc) is 2.60.